The van der Waals surface area contributed by atoms with Gasteiger partial charge in [-0.05, 0) is 86.2 Å². The molecule has 5 rings (SSSR count). The van der Waals surface area contributed by atoms with E-state index < -0.39 is 6.03 Å². The second-order valence-electron chi connectivity index (χ2n) is 10.3. The molecule has 0 aliphatic heterocycles. The van der Waals surface area contributed by atoms with E-state index in [1.165, 1.54) is 38.5 Å². The Balaban J connectivity index is 1.50. The van der Waals surface area contributed by atoms with Crippen LogP contribution in [0.1, 0.15) is 69.2 Å². The first kappa shape index (κ1) is 20.2. The highest BCUT2D eigenvalue weighted by Crippen LogP contribution is 2.61. The Labute approximate surface area is 174 Å². The lowest BCUT2D eigenvalue weighted by Crippen LogP contribution is -2.48. The molecule has 0 heterocycles. The standard InChI is InChI=1S/C24H35N3O2/c1-16(2)15-26-22(28)20-5-3-4-6-21(20)27(23(25)29)8-7-24-12-17-9-18(13-24)11-19(10-17)14-24/h3-6,16-19H,7-15H2,1-2H3,(H2,25,29)(H,26,28). The molecule has 4 aliphatic carbocycles. The monoisotopic (exact) mass is 397 g/mol. The Morgan fingerprint density at radius 3 is 2.24 bits per heavy atom. The molecule has 0 radical (unpaired) electrons. The summed E-state index contributed by atoms with van der Waals surface area (Å²) >= 11 is 0. The molecule has 3 amide bonds. The summed E-state index contributed by atoms with van der Waals surface area (Å²) in [5.74, 6) is 2.89. The number of benzene rings is 1. The van der Waals surface area contributed by atoms with Gasteiger partial charge in [0.1, 0.15) is 0 Å². The van der Waals surface area contributed by atoms with Crippen LogP contribution in [-0.4, -0.2) is 25.0 Å². The summed E-state index contributed by atoms with van der Waals surface area (Å²) in [7, 11) is 0. The van der Waals surface area contributed by atoms with Crippen LogP contribution in [0.3, 0.4) is 0 Å². The summed E-state index contributed by atoms with van der Waals surface area (Å²) in [6, 6.07) is 6.86. The molecule has 158 valence electrons. The molecule has 0 saturated heterocycles. The quantitative estimate of drug-likeness (QED) is 0.707. The predicted molar refractivity (Wildman–Crippen MR) is 116 cm³/mol. The van der Waals surface area contributed by atoms with Gasteiger partial charge in [0.25, 0.3) is 5.91 Å². The van der Waals surface area contributed by atoms with Crippen molar-refractivity contribution in [3.63, 3.8) is 0 Å². The molecule has 0 atom stereocenters. The van der Waals surface area contributed by atoms with E-state index in [4.69, 9.17) is 5.73 Å². The number of para-hydroxylation sites is 1. The number of nitrogens with two attached hydrogens (primary N) is 1. The molecule has 0 aromatic heterocycles. The van der Waals surface area contributed by atoms with Gasteiger partial charge >= 0.3 is 6.03 Å². The first-order chi connectivity index (χ1) is 13.8. The van der Waals surface area contributed by atoms with Crippen LogP contribution in [0.2, 0.25) is 0 Å². The SMILES string of the molecule is CC(C)CNC(=O)c1ccccc1N(CCC12CC3CC(CC(C3)C1)C2)C(N)=O. The smallest absolute Gasteiger partial charge is 0.319 e. The van der Waals surface area contributed by atoms with Crippen LogP contribution in [0.15, 0.2) is 24.3 Å². The zero-order valence-corrected chi connectivity index (χ0v) is 17.8. The number of hydrogen-bond donors (Lipinski definition) is 2. The van der Waals surface area contributed by atoms with Crippen molar-refractivity contribution in [2.45, 2.75) is 58.8 Å². The molecule has 4 bridgehead atoms. The fourth-order valence-corrected chi connectivity index (χ4v) is 6.59. The van der Waals surface area contributed by atoms with Crippen LogP contribution < -0.4 is 16.0 Å². The van der Waals surface area contributed by atoms with Crippen molar-refractivity contribution in [1.29, 1.82) is 0 Å². The summed E-state index contributed by atoms with van der Waals surface area (Å²) in [6.07, 6.45) is 9.15. The van der Waals surface area contributed by atoms with E-state index in [1.54, 1.807) is 11.0 Å². The second kappa shape index (κ2) is 8.00. The van der Waals surface area contributed by atoms with Gasteiger partial charge in [0, 0.05) is 13.1 Å². The molecule has 3 N–H and O–H groups in total. The average molecular weight is 398 g/mol. The second-order valence-corrected chi connectivity index (χ2v) is 10.3. The Kier molecular flexibility index (Phi) is 5.58. The third kappa shape index (κ3) is 4.29. The highest BCUT2D eigenvalue weighted by molar-refractivity contribution is 6.04. The van der Waals surface area contributed by atoms with Crippen molar-refractivity contribution < 1.29 is 9.59 Å². The van der Waals surface area contributed by atoms with E-state index in [-0.39, 0.29) is 5.91 Å². The first-order valence-corrected chi connectivity index (χ1v) is 11.3. The van der Waals surface area contributed by atoms with Crippen LogP contribution >= 0.6 is 0 Å². The molecule has 0 spiro atoms. The molecule has 5 nitrogen and oxygen atoms in total. The summed E-state index contributed by atoms with van der Waals surface area (Å²) in [5.41, 5.74) is 7.32. The minimum atomic E-state index is -0.473. The van der Waals surface area contributed by atoms with Gasteiger partial charge in [-0.25, -0.2) is 4.79 Å². The summed E-state index contributed by atoms with van der Waals surface area (Å²) in [5, 5.41) is 2.97. The van der Waals surface area contributed by atoms with Crippen LogP contribution in [-0.2, 0) is 0 Å². The van der Waals surface area contributed by atoms with Crippen LogP contribution in [0.25, 0.3) is 0 Å². The third-order valence-corrected chi connectivity index (χ3v) is 7.41. The van der Waals surface area contributed by atoms with E-state index >= 15 is 0 Å². The van der Waals surface area contributed by atoms with Gasteiger partial charge in [0.05, 0.1) is 11.3 Å². The van der Waals surface area contributed by atoms with Gasteiger partial charge in [-0.15, -0.1) is 0 Å². The van der Waals surface area contributed by atoms with E-state index in [0.717, 1.165) is 24.2 Å². The van der Waals surface area contributed by atoms with Crippen molar-refractivity contribution >= 4 is 17.6 Å². The molecule has 1 aromatic rings. The van der Waals surface area contributed by atoms with Gasteiger partial charge in [-0.1, -0.05) is 26.0 Å². The number of nitrogens with one attached hydrogen (secondary N) is 1. The highest BCUT2D eigenvalue weighted by atomic mass is 16.2. The molecule has 1 aromatic carbocycles. The Bertz CT molecular complexity index is 738. The normalized spacial score (nSPS) is 29.8. The molecule has 4 fully saturated rings. The van der Waals surface area contributed by atoms with Crippen molar-refractivity contribution in [1.82, 2.24) is 5.32 Å². The van der Waals surface area contributed by atoms with Gasteiger partial charge < -0.3 is 11.1 Å². The molecular formula is C24H35N3O2. The minimum Gasteiger partial charge on any atom is -0.352 e. The highest BCUT2D eigenvalue weighted by Gasteiger charge is 2.50. The fourth-order valence-electron chi connectivity index (χ4n) is 6.59. The van der Waals surface area contributed by atoms with Crippen LogP contribution in [0, 0.1) is 29.1 Å². The van der Waals surface area contributed by atoms with Crippen molar-refractivity contribution in [3.8, 4) is 0 Å². The number of carbonyl (C=O) groups is 2. The molecular weight excluding hydrogens is 362 g/mol. The summed E-state index contributed by atoms with van der Waals surface area (Å²) in [4.78, 5) is 26.7. The third-order valence-electron chi connectivity index (χ3n) is 7.41. The molecule has 29 heavy (non-hydrogen) atoms. The molecule has 4 saturated carbocycles. The van der Waals surface area contributed by atoms with Gasteiger partial charge in [-0.2, -0.15) is 0 Å². The number of primary amides is 1. The minimum absolute atomic E-state index is 0.143. The summed E-state index contributed by atoms with van der Waals surface area (Å²) < 4.78 is 0. The number of amides is 3. The maximum absolute atomic E-state index is 12.7. The number of hydrogen-bond acceptors (Lipinski definition) is 2. The molecule has 0 unspecified atom stereocenters. The van der Waals surface area contributed by atoms with E-state index in [2.05, 4.69) is 19.2 Å². The Morgan fingerprint density at radius 2 is 1.69 bits per heavy atom. The number of urea groups is 1. The lowest BCUT2D eigenvalue weighted by molar-refractivity contribution is -0.0557. The van der Waals surface area contributed by atoms with Crippen LogP contribution in [0.4, 0.5) is 10.5 Å². The van der Waals surface area contributed by atoms with Crippen LogP contribution in [0.5, 0.6) is 0 Å². The predicted octanol–water partition coefficient (Wildman–Crippen LogP) is 4.56. The van der Waals surface area contributed by atoms with E-state index in [1.807, 2.05) is 18.2 Å². The van der Waals surface area contributed by atoms with E-state index in [9.17, 15) is 9.59 Å². The number of anilines is 1. The van der Waals surface area contributed by atoms with E-state index in [0.29, 0.717) is 35.7 Å². The molecule has 5 heteroatoms. The zero-order chi connectivity index (χ0) is 20.6. The Morgan fingerprint density at radius 1 is 1.10 bits per heavy atom. The lowest BCUT2D eigenvalue weighted by atomic mass is 9.49. The largest absolute Gasteiger partial charge is 0.352 e. The average Bonchev–Trinajstić information content (AvgIpc) is 2.65. The number of nitrogens with zero attached hydrogens (tertiary/aromatic N) is 1. The van der Waals surface area contributed by atoms with Gasteiger partial charge in [0.15, 0.2) is 0 Å². The summed E-state index contributed by atoms with van der Waals surface area (Å²) in [6.45, 7) is 5.33. The maximum Gasteiger partial charge on any atom is 0.319 e. The van der Waals surface area contributed by atoms with Crippen molar-refractivity contribution in [3.05, 3.63) is 29.8 Å². The fraction of sp³-hybridized carbons (Fsp3) is 0.667. The maximum atomic E-state index is 12.7. The number of carbonyl (C=O) groups excluding carboxylic acids is 2. The van der Waals surface area contributed by atoms with Crippen molar-refractivity contribution in [2.24, 2.45) is 34.8 Å². The lowest BCUT2D eigenvalue weighted by Gasteiger charge is -2.57. The zero-order valence-electron chi connectivity index (χ0n) is 17.8. The van der Waals surface area contributed by atoms with Gasteiger partial charge in [0.2, 0.25) is 0 Å². The first-order valence-electron chi connectivity index (χ1n) is 11.3. The number of rotatable bonds is 7. The Hall–Kier alpha value is -2.04. The van der Waals surface area contributed by atoms with Crippen molar-refractivity contribution in [2.75, 3.05) is 18.0 Å². The molecule has 4 aliphatic rings. The topological polar surface area (TPSA) is 75.4 Å². The van der Waals surface area contributed by atoms with Gasteiger partial charge in [-0.3, -0.25) is 9.69 Å².